The van der Waals surface area contributed by atoms with E-state index in [4.69, 9.17) is 0 Å². The maximum Gasteiger partial charge on any atom is 0.319 e. The molecule has 0 spiro atoms. The lowest BCUT2D eigenvalue weighted by Crippen LogP contribution is -2.39. The van der Waals surface area contributed by atoms with E-state index in [-0.39, 0.29) is 17.9 Å². The summed E-state index contributed by atoms with van der Waals surface area (Å²) in [6.07, 6.45) is 2.51. The SMILES string of the molecule is Cc1cccc(NC(=O)NC2CCN(c3ccnc(Nc4ccc(F)cc4)n3)C2)c1. The second-order valence-corrected chi connectivity index (χ2v) is 7.27. The summed E-state index contributed by atoms with van der Waals surface area (Å²) < 4.78 is 13.1. The van der Waals surface area contributed by atoms with Crippen molar-refractivity contribution in [2.45, 2.75) is 19.4 Å². The van der Waals surface area contributed by atoms with E-state index in [9.17, 15) is 9.18 Å². The topological polar surface area (TPSA) is 82.2 Å². The molecule has 2 aromatic carbocycles. The molecule has 1 fully saturated rings. The van der Waals surface area contributed by atoms with Crippen LogP contribution < -0.4 is 20.9 Å². The highest BCUT2D eigenvalue weighted by atomic mass is 19.1. The van der Waals surface area contributed by atoms with Crippen LogP contribution in [0.5, 0.6) is 0 Å². The third kappa shape index (κ3) is 5.02. The summed E-state index contributed by atoms with van der Waals surface area (Å²) in [7, 11) is 0. The van der Waals surface area contributed by atoms with Crippen molar-refractivity contribution in [2.75, 3.05) is 28.6 Å². The molecule has 1 saturated heterocycles. The third-order valence-corrected chi connectivity index (χ3v) is 4.86. The van der Waals surface area contributed by atoms with Crippen LogP contribution in [0.3, 0.4) is 0 Å². The quantitative estimate of drug-likeness (QED) is 0.595. The van der Waals surface area contributed by atoms with E-state index in [0.29, 0.717) is 18.2 Å². The van der Waals surface area contributed by atoms with Crippen molar-refractivity contribution in [1.29, 1.82) is 0 Å². The Balaban J connectivity index is 1.33. The lowest BCUT2D eigenvalue weighted by molar-refractivity contribution is 0.249. The number of halogens is 1. The van der Waals surface area contributed by atoms with E-state index in [1.807, 2.05) is 37.3 Å². The summed E-state index contributed by atoms with van der Waals surface area (Å²) in [6.45, 7) is 3.43. The number of aryl methyl sites for hydroxylation is 1. The second-order valence-electron chi connectivity index (χ2n) is 7.27. The van der Waals surface area contributed by atoms with E-state index in [1.54, 1.807) is 18.3 Å². The number of hydrogen-bond acceptors (Lipinski definition) is 5. The van der Waals surface area contributed by atoms with Gasteiger partial charge in [0.15, 0.2) is 0 Å². The minimum absolute atomic E-state index is 0.0262. The number of carbonyl (C=O) groups is 1. The van der Waals surface area contributed by atoms with Gasteiger partial charge in [0.05, 0.1) is 0 Å². The highest BCUT2D eigenvalue weighted by molar-refractivity contribution is 5.89. The summed E-state index contributed by atoms with van der Waals surface area (Å²) in [5.41, 5.74) is 2.57. The van der Waals surface area contributed by atoms with Crippen molar-refractivity contribution < 1.29 is 9.18 Å². The van der Waals surface area contributed by atoms with Crippen LogP contribution in [0, 0.1) is 12.7 Å². The molecule has 8 heteroatoms. The maximum absolute atomic E-state index is 13.1. The highest BCUT2D eigenvalue weighted by Gasteiger charge is 2.25. The molecule has 0 bridgehead atoms. The van der Waals surface area contributed by atoms with Gasteiger partial charge in [-0.05, 0) is 61.4 Å². The van der Waals surface area contributed by atoms with Crippen LogP contribution in [-0.4, -0.2) is 35.1 Å². The number of amides is 2. The molecule has 1 aromatic heterocycles. The van der Waals surface area contributed by atoms with Gasteiger partial charge in [0, 0.05) is 36.7 Å². The van der Waals surface area contributed by atoms with Crippen LogP contribution >= 0.6 is 0 Å². The number of hydrogen-bond donors (Lipinski definition) is 3. The number of urea groups is 1. The van der Waals surface area contributed by atoms with Gasteiger partial charge in [-0.15, -0.1) is 0 Å². The van der Waals surface area contributed by atoms with Crippen molar-refractivity contribution >= 4 is 29.2 Å². The molecule has 1 aliphatic rings. The van der Waals surface area contributed by atoms with Crippen LogP contribution in [0.4, 0.5) is 32.3 Å². The summed E-state index contributed by atoms with van der Waals surface area (Å²) in [6, 6.07) is 15.4. The van der Waals surface area contributed by atoms with Crippen LogP contribution in [0.2, 0.25) is 0 Å². The number of anilines is 4. The number of nitrogens with one attached hydrogen (secondary N) is 3. The number of nitrogens with zero attached hydrogens (tertiary/aromatic N) is 3. The summed E-state index contributed by atoms with van der Waals surface area (Å²) in [5, 5.41) is 8.97. The standard InChI is InChI=1S/C22H23FN6O/c1-15-3-2-4-18(13-15)26-22(30)27-19-10-12-29(14-19)20-9-11-24-21(28-20)25-17-7-5-16(23)6-8-17/h2-9,11,13,19H,10,12,14H2,1H3,(H,24,25,28)(H2,26,27,30). The van der Waals surface area contributed by atoms with Crippen molar-refractivity contribution in [3.63, 3.8) is 0 Å². The molecule has 154 valence electrons. The predicted octanol–water partition coefficient (Wildman–Crippen LogP) is 4.07. The highest BCUT2D eigenvalue weighted by Crippen LogP contribution is 2.21. The molecule has 2 heterocycles. The van der Waals surface area contributed by atoms with Gasteiger partial charge < -0.3 is 20.9 Å². The zero-order chi connectivity index (χ0) is 20.9. The molecule has 7 nitrogen and oxygen atoms in total. The number of rotatable bonds is 5. The minimum atomic E-state index is -0.294. The van der Waals surface area contributed by atoms with Gasteiger partial charge >= 0.3 is 6.03 Å². The zero-order valence-corrected chi connectivity index (χ0v) is 16.6. The number of benzene rings is 2. The Morgan fingerprint density at radius 2 is 1.97 bits per heavy atom. The molecule has 0 aliphatic carbocycles. The fourth-order valence-corrected chi connectivity index (χ4v) is 3.41. The van der Waals surface area contributed by atoms with E-state index >= 15 is 0 Å². The fourth-order valence-electron chi connectivity index (χ4n) is 3.41. The fraction of sp³-hybridized carbons (Fsp3) is 0.227. The zero-order valence-electron chi connectivity index (χ0n) is 16.6. The molecule has 2 amide bonds. The average Bonchev–Trinajstić information content (AvgIpc) is 3.18. The first-order valence-electron chi connectivity index (χ1n) is 9.80. The largest absolute Gasteiger partial charge is 0.354 e. The van der Waals surface area contributed by atoms with E-state index in [1.165, 1.54) is 12.1 Å². The molecule has 1 atom stereocenters. The summed E-state index contributed by atoms with van der Waals surface area (Å²) in [4.78, 5) is 23.2. The Morgan fingerprint density at radius 1 is 1.13 bits per heavy atom. The third-order valence-electron chi connectivity index (χ3n) is 4.86. The summed E-state index contributed by atoms with van der Waals surface area (Å²) in [5.74, 6) is 0.919. The molecule has 0 radical (unpaired) electrons. The van der Waals surface area contributed by atoms with Crippen LogP contribution in [0.25, 0.3) is 0 Å². The van der Waals surface area contributed by atoms with E-state index in [2.05, 4.69) is 30.8 Å². The van der Waals surface area contributed by atoms with Crippen molar-refractivity contribution in [2.24, 2.45) is 0 Å². The molecule has 30 heavy (non-hydrogen) atoms. The molecule has 1 aliphatic heterocycles. The first-order chi connectivity index (χ1) is 14.5. The molecule has 4 rings (SSSR count). The molecule has 0 saturated carbocycles. The van der Waals surface area contributed by atoms with Gasteiger partial charge in [-0.25, -0.2) is 14.2 Å². The molecular formula is C22H23FN6O. The number of aromatic nitrogens is 2. The molecular weight excluding hydrogens is 383 g/mol. The van der Waals surface area contributed by atoms with Gasteiger partial charge in [0.25, 0.3) is 0 Å². The minimum Gasteiger partial charge on any atom is -0.354 e. The lowest BCUT2D eigenvalue weighted by atomic mass is 10.2. The molecule has 1 unspecified atom stereocenters. The Bertz CT molecular complexity index is 1030. The number of carbonyl (C=O) groups excluding carboxylic acids is 1. The average molecular weight is 406 g/mol. The lowest BCUT2D eigenvalue weighted by Gasteiger charge is -2.18. The van der Waals surface area contributed by atoms with E-state index < -0.39 is 0 Å². The monoisotopic (exact) mass is 406 g/mol. The van der Waals surface area contributed by atoms with Crippen molar-refractivity contribution in [3.05, 3.63) is 72.2 Å². The first kappa shape index (κ1) is 19.6. The maximum atomic E-state index is 13.1. The smallest absolute Gasteiger partial charge is 0.319 e. The summed E-state index contributed by atoms with van der Waals surface area (Å²) >= 11 is 0. The Morgan fingerprint density at radius 3 is 2.77 bits per heavy atom. The van der Waals surface area contributed by atoms with E-state index in [0.717, 1.165) is 30.0 Å². The van der Waals surface area contributed by atoms with Gasteiger partial charge in [0.1, 0.15) is 11.6 Å². The van der Waals surface area contributed by atoms with Gasteiger partial charge in [-0.2, -0.15) is 4.98 Å². The molecule has 3 aromatic rings. The predicted molar refractivity (Wildman–Crippen MR) is 116 cm³/mol. The van der Waals surface area contributed by atoms with Crippen molar-refractivity contribution in [3.8, 4) is 0 Å². The Labute approximate surface area is 174 Å². The van der Waals surface area contributed by atoms with Crippen LogP contribution in [0.15, 0.2) is 60.8 Å². The second kappa shape index (κ2) is 8.77. The first-order valence-corrected chi connectivity index (χ1v) is 9.80. The van der Waals surface area contributed by atoms with Crippen molar-refractivity contribution in [1.82, 2.24) is 15.3 Å². The van der Waals surface area contributed by atoms with Crippen LogP contribution in [-0.2, 0) is 0 Å². The van der Waals surface area contributed by atoms with Gasteiger partial charge in [0.2, 0.25) is 5.95 Å². The Kier molecular flexibility index (Phi) is 5.74. The molecule has 3 N–H and O–H groups in total. The van der Waals surface area contributed by atoms with Gasteiger partial charge in [-0.1, -0.05) is 12.1 Å². The van der Waals surface area contributed by atoms with Crippen LogP contribution in [0.1, 0.15) is 12.0 Å². The van der Waals surface area contributed by atoms with Gasteiger partial charge in [-0.3, -0.25) is 0 Å². The Hall–Kier alpha value is -3.68. The normalized spacial score (nSPS) is 15.7.